The summed E-state index contributed by atoms with van der Waals surface area (Å²) in [5.41, 5.74) is 7.32. The van der Waals surface area contributed by atoms with Gasteiger partial charge in [0.05, 0.1) is 16.6 Å². The van der Waals surface area contributed by atoms with Crippen LogP contribution in [0.4, 0.5) is 10.1 Å². The molecule has 3 aromatic rings. The molecule has 23 heavy (non-hydrogen) atoms. The summed E-state index contributed by atoms with van der Waals surface area (Å²) >= 11 is 0. The normalized spacial score (nSPS) is 10.4. The molecule has 0 fully saturated rings. The van der Waals surface area contributed by atoms with E-state index in [1.54, 1.807) is 24.3 Å². The molecule has 5 nitrogen and oxygen atoms in total. The molecule has 0 unspecified atom stereocenters. The molecule has 0 radical (unpaired) electrons. The van der Waals surface area contributed by atoms with Crippen LogP contribution in [0.1, 0.15) is 15.9 Å². The molecule has 0 saturated heterocycles. The van der Waals surface area contributed by atoms with Crippen molar-refractivity contribution in [2.45, 2.75) is 0 Å². The van der Waals surface area contributed by atoms with E-state index >= 15 is 0 Å². The first-order valence-electron chi connectivity index (χ1n) is 6.63. The van der Waals surface area contributed by atoms with E-state index < -0.39 is 11.8 Å². The summed E-state index contributed by atoms with van der Waals surface area (Å²) in [7, 11) is 0. The van der Waals surface area contributed by atoms with Crippen LogP contribution >= 0.6 is 0 Å². The van der Waals surface area contributed by atoms with Gasteiger partial charge in [-0.05, 0) is 29.8 Å². The summed E-state index contributed by atoms with van der Waals surface area (Å²) in [6.07, 6.45) is 1.49. The smallest absolute Gasteiger partial charge is 0.337 e. The van der Waals surface area contributed by atoms with E-state index in [1.807, 2.05) is 0 Å². The van der Waals surface area contributed by atoms with E-state index in [0.717, 1.165) is 6.07 Å². The molecule has 0 bridgehead atoms. The second-order valence-electron chi connectivity index (χ2n) is 4.90. The summed E-state index contributed by atoms with van der Waals surface area (Å²) in [6.45, 7) is 0. The van der Waals surface area contributed by atoms with Crippen LogP contribution in [0.15, 0.2) is 42.6 Å². The molecule has 3 N–H and O–H groups in total. The summed E-state index contributed by atoms with van der Waals surface area (Å²) in [4.78, 5) is 15.4. The first-order chi connectivity index (χ1) is 11.0. The molecule has 0 aliphatic rings. The zero-order valence-corrected chi connectivity index (χ0v) is 11.7. The largest absolute Gasteiger partial charge is 0.478 e. The van der Waals surface area contributed by atoms with Gasteiger partial charge in [-0.3, -0.25) is 4.98 Å². The molecule has 112 valence electrons. The van der Waals surface area contributed by atoms with Gasteiger partial charge < -0.3 is 10.8 Å². The van der Waals surface area contributed by atoms with Crippen molar-refractivity contribution in [3.05, 3.63) is 59.5 Å². The van der Waals surface area contributed by atoms with Gasteiger partial charge in [0.15, 0.2) is 0 Å². The number of carbonyl (C=O) groups is 1. The maximum atomic E-state index is 13.6. The highest BCUT2D eigenvalue weighted by Crippen LogP contribution is 2.34. The average molecular weight is 307 g/mol. The molecule has 6 heteroatoms. The number of aromatic nitrogens is 1. The molecular weight excluding hydrogens is 297 g/mol. The summed E-state index contributed by atoms with van der Waals surface area (Å²) < 4.78 is 13.6. The molecule has 3 rings (SSSR count). The summed E-state index contributed by atoms with van der Waals surface area (Å²) in [5, 5.41) is 18.8. The Hall–Kier alpha value is -3.46. The number of nitrogens with zero attached hydrogens (tertiary/aromatic N) is 2. The Kier molecular flexibility index (Phi) is 3.39. The number of hydrogen-bond donors (Lipinski definition) is 2. The van der Waals surface area contributed by atoms with Crippen LogP contribution in [-0.4, -0.2) is 16.1 Å². The van der Waals surface area contributed by atoms with Crippen molar-refractivity contribution < 1.29 is 14.3 Å². The number of fused-ring (bicyclic) bond motifs is 1. The minimum atomic E-state index is -1.09. The van der Waals surface area contributed by atoms with Crippen molar-refractivity contribution in [3.8, 4) is 17.2 Å². The Labute approximate surface area is 130 Å². The van der Waals surface area contributed by atoms with Gasteiger partial charge in [0.2, 0.25) is 0 Å². The lowest BCUT2D eigenvalue weighted by Gasteiger charge is -2.11. The first kappa shape index (κ1) is 14.5. The third-order valence-electron chi connectivity index (χ3n) is 3.55. The van der Waals surface area contributed by atoms with Crippen molar-refractivity contribution in [2.24, 2.45) is 0 Å². The van der Waals surface area contributed by atoms with Gasteiger partial charge in [0.25, 0.3) is 0 Å². The minimum Gasteiger partial charge on any atom is -0.478 e. The lowest BCUT2D eigenvalue weighted by Crippen LogP contribution is -2.01. The van der Waals surface area contributed by atoms with Crippen LogP contribution in [0, 0.1) is 17.1 Å². The predicted octanol–water partition coefficient (Wildman–Crippen LogP) is 3.19. The van der Waals surface area contributed by atoms with Crippen LogP contribution < -0.4 is 5.73 Å². The SMILES string of the molecule is N#Cc1cc(-c2ccc(C(=O)O)c3ncccc23)c(N)cc1F. The van der Waals surface area contributed by atoms with Gasteiger partial charge in [-0.2, -0.15) is 5.26 Å². The number of benzene rings is 2. The Morgan fingerprint density at radius 3 is 2.74 bits per heavy atom. The monoisotopic (exact) mass is 307 g/mol. The zero-order valence-electron chi connectivity index (χ0n) is 11.7. The second-order valence-corrected chi connectivity index (χ2v) is 4.90. The molecule has 1 heterocycles. The van der Waals surface area contributed by atoms with Crippen molar-refractivity contribution >= 4 is 22.6 Å². The van der Waals surface area contributed by atoms with E-state index in [2.05, 4.69) is 4.98 Å². The topological polar surface area (TPSA) is 100 Å². The molecule has 0 aliphatic carbocycles. The third-order valence-corrected chi connectivity index (χ3v) is 3.55. The number of aromatic carboxylic acids is 1. The van der Waals surface area contributed by atoms with Crippen molar-refractivity contribution in [2.75, 3.05) is 5.73 Å². The van der Waals surface area contributed by atoms with Crippen molar-refractivity contribution in [3.63, 3.8) is 0 Å². The maximum absolute atomic E-state index is 13.6. The molecule has 0 spiro atoms. The third kappa shape index (κ3) is 2.34. The Morgan fingerprint density at radius 1 is 1.26 bits per heavy atom. The molecule has 0 atom stereocenters. The van der Waals surface area contributed by atoms with E-state index in [1.165, 1.54) is 18.3 Å². The van der Waals surface area contributed by atoms with Crippen LogP contribution in [0.5, 0.6) is 0 Å². The van der Waals surface area contributed by atoms with Crippen LogP contribution in [0.25, 0.3) is 22.0 Å². The fraction of sp³-hybridized carbons (Fsp3) is 0. The van der Waals surface area contributed by atoms with E-state index in [4.69, 9.17) is 11.0 Å². The lowest BCUT2D eigenvalue weighted by atomic mass is 9.95. The average Bonchev–Trinajstić information content (AvgIpc) is 2.54. The highest BCUT2D eigenvalue weighted by molar-refractivity contribution is 6.07. The van der Waals surface area contributed by atoms with Crippen molar-refractivity contribution in [1.29, 1.82) is 5.26 Å². The standard InChI is InChI=1S/C17H10FN3O2/c18-14-7-15(20)13(6-9(14)8-19)10-3-4-12(17(22)23)16-11(10)2-1-5-21-16/h1-7H,20H2,(H,22,23). The summed E-state index contributed by atoms with van der Waals surface area (Å²) in [5.74, 6) is -1.79. The fourth-order valence-corrected chi connectivity index (χ4v) is 2.49. The molecule has 0 amide bonds. The van der Waals surface area contributed by atoms with E-state index in [0.29, 0.717) is 22.0 Å². The first-order valence-corrected chi connectivity index (χ1v) is 6.63. The van der Waals surface area contributed by atoms with Gasteiger partial charge in [0, 0.05) is 22.8 Å². The van der Waals surface area contributed by atoms with Gasteiger partial charge in [-0.1, -0.05) is 12.1 Å². The number of carboxylic acid groups (broad SMARTS) is 1. The molecular formula is C17H10FN3O2. The number of nitriles is 1. The quantitative estimate of drug-likeness (QED) is 0.708. The number of anilines is 1. The van der Waals surface area contributed by atoms with E-state index in [9.17, 15) is 14.3 Å². The van der Waals surface area contributed by atoms with E-state index in [-0.39, 0.29) is 16.8 Å². The van der Waals surface area contributed by atoms with Crippen LogP contribution in [0.2, 0.25) is 0 Å². The fourth-order valence-electron chi connectivity index (χ4n) is 2.49. The summed E-state index contributed by atoms with van der Waals surface area (Å²) in [6, 6.07) is 10.6. The van der Waals surface area contributed by atoms with Crippen LogP contribution in [-0.2, 0) is 0 Å². The molecule has 2 aromatic carbocycles. The second kappa shape index (κ2) is 5.39. The Morgan fingerprint density at radius 2 is 2.04 bits per heavy atom. The number of hydrogen-bond acceptors (Lipinski definition) is 4. The predicted molar refractivity (Wildman–Crippen MR) is 83.2 cm³/mol. The van der Waals surface area contributed by atoms with Gasteiger partial charge in [-0.25, -0.2) is 9.18 Å². The highest BCUT2D eigenvalue weighted by atomic mass is 19.1. The number of nitrogens with two attached hydrogens (primary N) is 1. The number of rotatable bonds is 2. The zero-order chi connectivity index (χ0) is 16.6. The van der Waals surface area contributed by atoms with Crippen LogP contribution in [0.3, 0.4) is 0 Å². The number of pyridine rings is 1. The Bertz CT molecular complexity index is 993. The van der Waals surface area contributed by atoms with Gasteiger partial charge in [-0.15, -0.1) is 0 Å². The van der Waals surface area contributed by atoms with Crippen molar-refractivity contribution in [1.82, 2.24) is 4.98 Å². The highest BCUT2D eigenvalue weighted by Gasteiger charge is 2.16. The molecule has 0 saturated carbocycles. The number of halogens is 1. The van der Waals surface area contributed by atoms with Gasteiger partial charge in [0.1, 0.15) is 11.9 Å². The minimum absolute atomic E-state index is 0.0607. The molecule has 0 aliphatic heterocycles. The Balaban J connectivity index is 2.37. The maximum Gasteiger partial charge on any atom is 0.337 e. The number of carboxylic acids is 1. The van der Waals surface area contributed by atoms with Gasteiger partial charge >= 0.3 is 5.97 Å². The molecule has 1 aromatic heterocycles. The lowest BCUT2D eigenvalue weighted by molar-refractivity contribution is 0.0699. The number of nitrogen functional groups attached to an aromatic ring is 1.